The highest BCUT2D eigenvalue weighted by molar-refractivity contribution is 6.01. The van der Waals surface area contributed by atoms with Gasteiger partial charge in [-0.2, -0.15) is 4.58 Å². The number of rotatable bonds is 2. The summed E-state index contributed by atoms with van der Waals surface area (Å²) in [4.78, 5) is 0. The lowest BCUT2D eigenvalue weighted by Crippen LogP contribution is -2.07. The van der Waals surface area contributed by atoms with Crippen LogP contribution in [0, 0.1) is 27.7 Å². The number of hydrogen-bond acceptors (Lipinski definition) is 0. The Morgan fingerprint density at radius 1 is 0.650 bits per heavy atom. The molecule has 0 amide bonds. The SMILES string of the molecule is Cc1ccc([N+](=C2CC2)c2ccc(C)c(C)c2)cc1C. The molecule has 2 aromatic rings. The van der Waals surface area contributed by atoms with Crippen LogP contribution >= 0.6 is 0 Å². The normalized spacial score (nSPS) is 13.5. The lowest BCUT2D eigenvalue weighted by molar-refractivity contribution is 1.07. The van der Waals surface area contributed by atoms with Crippen LogP contribution in [-0.2, 0) is 0 Å². The molecule has 0 heterocycles. The van der Waals surface area contributed by atoms with E-state index < -0.39 is 0 Å². The quantitative estimate of drug-likeness (QED) is 0.672. The smallest absolute Gasteiger partial charge is 0.162 e. The molecule has 2 aromatic carbocycles. The van der Waals surface area contributed by atoms with Gasteiger partial charge in [0.05, 0.1) is 0 Å². The van der Waals surface area contributed by atoms with Gasteiger partial charge in [0.25, 0.3) is 0 Å². The predicted octanol–water partition coefficient (Wildman–Crippen LogP) is 4.99. The summed E-state index contributed by atoms with van der Waals surface area (Å²) in [7, 11) is 0. The van der Waals surface area contributed by atoms with Crippen LogP contribution in [0.3, 0.4) is 0 Å². The van der Waals surface area contributed by atoms with Gasteiger partial charge in [0.2, 0.25) is 11.4 Å². The minimum atomic E-state index is 1.22. The van der Waals surface area contributed by atoms with Crippen molar-refractivity contribution in [3.05, 3.63) is 58.7 Å². The average Bonchev–Trinajstić information content (AvgIpc) is 3.23. The third-order valence-electron chi connectivity index (χ3n) is 4.29. The molecule has 0 saturated heterocycles. The van der Waals surface area contributed by atoms with Gasteiger partial charge in [-0.05, 0) is 49.9 Å². The van der Waals surface area contributed by atoms with Gasteiger partial charge in [-0.1, -0.05) is 12.1 Å². The third kappa shape index (κ3) is 2.40. The van der Waals surface area contributed by atoms with Crippen molar-refractivity contribution in [2.75, 3.05) is 0 Å². The van der Waals surface area contributed by atoms with Gasteiger partial charge in [-0.3, -0.25) is 0 Å². The van der Waals surface area contributed by atoms with Crippen LogP contribution < -0.4 is 4.58 Å². The molecule has 1 aliphatic rings. The fourth-order valence-corrected chi connectivity index (χ4v) is 2.52. The molecule has 0 aliphatic heterocycles. The Kier molecular flexibility index (Phi) is 3.21. The van der Waals surface area contributed by atoms with E-state index in [-0.39, 0.29) is 0 Å². The van der Waals surface area contributed by atoms with Crippen molar-refractivity contribution in [1.82, 2.24) is 4.58 Å². The Hall–Kier alpha value is -1.89. The van der Waals surface area contributed by atoms with E-state index in [1.54, 1.807) is 0 Å². The summed E-state index contributed by atoms with van der Waals surface area (Å²) in [6, 6.07) is 13.5. The summed E-state index contributed by atoms with van der Waals surface area (Å²) in [6.07, 6.45) is 2.44. The zero-order chi connectivity index (χ0) is 14.3. The minimum absolute atomic E-state index is 1.22. The Labute approximate surface area is 121 Å². The molecular weight excluding hydrogens is 242 g/mol. The van der Waals surface area contributed by atoms with Crippen LogP contribution in [0.2, 0.25) is 0 Å². The highest BCUT2D eigenvalue weighted by atomic mass is 15.0. The number of nitrogens with zero attached hydrogens (tertiary/aromatic N) is 1. The molecule has 102 valence electrons. The molecule has 0 radical (unpaired) electrons. The van der Waals surface area contributed by atoms with Gasteiger partial charge in [-0.25, -0.2) is 0 Å². The van der Waals surface area contributed by atoms with E-state index in [0.717, 1.165) is 0 Å². The summed E-state index contributed by atoms with van der Waals surface area (Å²) in [5.41, 5.74) is 9.54. The van der Waals surface area contributed by atoms with Gasteiger partial charge in [0.1, 0.15) is 0 Å². The Balaban J connectivity index is 2.13. The molecule has 0 N–H and O–H groups in total. The Morgan fingerprint density at radius 3 is 1.45 bits per heavy atom. The second-order valence-electron chi connectivity index (χ2n) is 5.94. The van der Waals surface area contributed by atoms with E-state index in [4.69, 9.17) is 0 Å². The fraction of sp³-hybridized carbons (Fsp3) is 0.316. The summed E-state index contributed by atoms with van der Waals surface area (Å²) in [5.74, 6) is 0. The van der Waals surface area contributed by atoms with Gasteiger partial charge < -0.3 is 0 Å². The molecule has 0 aromatic heterocycles. The van der Waals surface area contributed by atoms with Crippen molar-refractivity contribution in [3.63, 3.8) is 0 Å². The second-order valence-corrected chi connectivity index (χ2v) is 5.94. The standard InChI is InChI=1S/C19H22N/c1-13-5-7-18(11-15(13)3)20(17-9-10-17)19-8-6-14(2)16(4)12-19/h5-8,11-12H,9-10H2,1-4H3/q+1. The van der Waals surface area contributed by atoms with Gasteiger partial charge in [-0.15, -0.1) is 0 Å². The summed E-state index contributed by atoms with van der Waals surface area (Å²) >= 11 is 0. The molecule has 1 nitrogen and oxygen atoms in total. The largest absolute Gasteiger partial charge is 0.211 e. The summed E-state index contributed by atoms with van der Waals surface area (Å²) in [6.45, 7) is 8.72. The first-order chi connectivity index (χ1) is 9.56. The van der Waals surface area contributed by atoms with E-state index in [1.807, 2.05) is 0 Å². The number of aryl methyl sites for hydroxylation is 4. The Morgan fingerprint density at radius 2 is 1.10 bits per heavy atom. The van der Waals surface area contributed by atoms with Crippen molar-refractivity contribution in [2.24, 2.45) is 0 Å². The molecule has 20 heavy (non-hydrogen) atoms. The van der Waals surface area contributed by atoms with Gasteiger partial charge in [0, 0.05) is 37.1 Å². The van der Waals surface area contributed by atoms with Crippen LogP contribution in [0.15, 0.2) is 36.4 Å². The maximum absolute atomic E-state index is 2.43. The molecule has 1 saturated carbocycles. The predicted molar refractivity (Wildman–Crippen MR) is 87.5 cm³/mol. The molecule has 0 unspecified atom stereocenters. The first kappa shape index (κ1) is 13.1. The van der Waals surface area contributed by atoms with Crippen molar-refractivity contribution < 1.29 is 0 Å². The highest BCUT2D eigenvalue weighted by Crippen LogP contribution is 2.29. The lowest BCUT2D eigenvalue weighted by Gasteiger charge is -2.07. The number of benzene rings is 2. The highest BCUT2D eigenvalue weighted by Gasteiger charge is 2.30. The zero-order valence-electron chi connectivity index (χ0n) is 12.8. The molecule has 1 aliphatic carbocycles. The van der Waals surface area contributed by atoms with E-state index in [1.165, 1.54) is 52.2 Å². The maximum atomic E-state index is 2.43. The van der Waals surface area contributed by atoms with Gasteiger partial charge in [0.15, 0.2) is 5.71 Å². The van der Waals surface area contributed by atoms with E-state index in [0.29, 0.717) is 0 Å². The Bertz CT molecular complexity index is 648. The maximum Gasteiger partial charge on any atom is 0.211 e. The second kappa shape index (κ2) is 4.90. The average molecular weight is 264 g/mol. The van der Waals surface area contributed by atoms with Crippen LogP contribution in [0.5, 0.6) is 0 Å². The van der Waals surface area contributed by atoms with E-state index in [9.17, 15) is 0 Å². The first-order valence-electron chi connectivity index (χ1n) is 7.35. The molecule has 0 bridgehead atoms. The lowest BCUT2D eigenvalue weighted by atomic mass is 10.1. The van der Waals surface area contributed by atoms with Crippen molar-refractivity contribution in [1.29, 1.82) is 0 Å². The van der Waals surface area contributed by atoms with E-state index in [2.05, 4.69) is 68.7 Å². The first-order valence-corrected chi connectivity index (χ1v) is 7.35. The molecule has 1 fully saturated rings. The molecular formula is C19H22N+. The molecule has 1 heteroatoms. The molecule has 0 spiro atoms. The van der Waals surface area contributed by atoms with Crippen LogP contribution in [0.1, 0.15) is 35.1 Å². The number of hydrogen-bond donors (Lipinski definition) is 0. The van der Waals surface area contributed by atoms with Crippen LogP contribution in [0.4, 0.5) is 11.4 Å². The molecule has 3 rings (SSSR count). The summed E-state index contributed by atoms with van der Waals surface area (Å²) in [5, 5.41) is 0. The minimum Gasteiger partial charge on any atom is -0.162 e. The monoisotopic (exact) mass is 264 g/mol. The third-order valence-corrected chi connectivity index (χ3v) is 4.29. The van der Waals surface area contributed by atoms with E-state index >= 15 is 0 Å². The topological polar surface area (TPSA) is 3.01 Å². The van der Waals surface area contributed by atoms with Crippen molar-refractivity contribution in [3.8, 4) is 0 Å². The van der Waals surface area contributed by atoms with Crippen LogP contribution in [0.25, 0.3) is 0 Å². The van der Waals surface area contributed by atoms with Crippen LogP contribution in [-0.4, -0.2) is 5.71 Å². The van der Waals surface area contributed by atoms with Crippen molar-refractivity contribution >= 4 is 17.1 Å². The molecule has 0 atom stereocenters. The van der Waals surface area contributed by atoms with Crippen molar-refractivity contribution in [2.45, 2.75) is 40.5 Å². The summed E-state index contributed by atoms with van der Waals surface area (Å²) < 4.78 is 2.43. The van der Waals surface area contributed by atoms with Gasteiger partial charge >= 0.3 is 0 Å². The fourth-order valence-electron chi connectivity index (χ4n) is 2.52. The zero-order valence-corrected chi connectivity index (χ0v) is 12.8.